The Bertz CT molecular complexity index is 1060. The minimum Gasteiger partial charge on any atom is -0.380 e. The second-order valence-corrected chi connectivity index (χ2v) is 11.7. The molecular weight excluding hydrogens is 427 g/mol. The normalized spacial score (nSPS) is 27.2. The van der Waals surface area contributed by atoms with Crippen molar-refractivity contribution in [2.75, 3.05) is 31.2 Å². The highest BCUT2D eigenvalue weighted by Gasteiger charge is 2.42. The van der Waals surface area contributed by atoms with Crippen LogP contribution in [0.4, 0.5) is 10.1 Å². The number of anilines is 1. The lowest BCUT2D eigenvalue weighted by Crippen LogP contribution is -2.51. The Morgan fingerprint density at radius 3 is 2.41 bits per heavy atom. The fraction of sp³-hybridized carbons (Fsp3) is 0.520. The number of piperidine rings is 1. The molecule has 3 aliphatic heterocycles. The predicted molar refractivity (Wildman–Crippen MR) is 123 cm³/mol. The first kappa shape index (κ1) is 21.9. The summed E-state index contributed by atoms with van der Waals surface area (Å²) in [4.78, 5) is 2.22. The molecule has 0 bridgehead atoms. The molecule has 5 rings (SSSR count). The van der Waals surface area contributed by atoms with Crippen molar-refractivity contribution in [1.82, 2.24) is 4.31 Å². The molecule has 0 N–H and O–H groups in total. The Hall–Kier alpha value is -1.96. The van der Waals surface area contributed by atoms with Crippen molar-refractivity contribution in [3.63, 3.8) is 0 Å². The number of hydrogen-bond acceptors (Lipinski definition) is 4. The Morgan fingerprint density at radius 2 is 1.78 bits per heavy atom. The molecule has 2 aromatic rings. The van der Waals surface area contributed by atoms with Crippen molar-refractivity contribution < 1.29 is 17.5 Å². The highest BCUT2D eigenvalue weighted by Crippen LogP contribution is 2.40. The van der Waals surface area contributed by atoms with Crippen LogP contribution >= 0.6 is 0 Å². The SMILES string of the molecule is C[C@H]1CCC(c2ccccc2)S(=O)(=O)N1Cc1ccc(N2CCC3(CC2)COC3)cc1F. The first-order valence-electron chi connectivity index (χ1n) is 11.5. The van der Waals surface area contributed by atoms with Crippen molar-refractivity contribution >= 4 is 15.7 Å². The summed E-state index contributed by atoms with van der Waals surface area (Å²) in [6.45, 7) is 5.48. The van der Waals surface area contributed by atoms with Crippen LogP contribution in [0, 0.1) is 11.2 Å². The van der Waals surface area contributed by atoms with E-state index in [0.717, 1.165) is 56.8 Å². The first-order valence-corrected chi connectivity index (χ1v) is 13.1. The second-order valence-electron chi connectivity index (χ2n) is 9.67. The summed E-state index contributed by atoms with van der Waals surface area (Å²) in [5.74, 6) is -0.334. The fourth-order valence-electron chi connectivity index (χ4n) is 5.30. The van der Waals surface area contributed by atoms with E-state index in [0.29, 0.717) is 17.4 Å². The summed E-state index contributed by atoms with van der Waals surface area (Å²) in [5, 5.41) is -0.571. The molecule has 3 heterocycles. The smallest absolute Gasteiger partial charge is 0.221 e. The number of nitrogens with zero attached hydrogens (tertiary/aromatic N) is 2. The quantitative estimate of drug-likeness (QED) is 0.677. The summed E-state index contributed by atoms with van der Waals surface area (Å²) in [7, 11) is -3.58. The van der Waals surface area contributed by atoms with Gasteiger partial charge in [0.2, 0.25) is 10.0 Å². The maximum atomic E-state index is 15.1. The largest absolute Gasteiger partial charge is 0.380 e. The molecule has 172 valence electrons. The lowest BCUT2D eigenvalue weighted by atomic mass is 9.77. The summed E-state index contributed by atoms with van der Waals surface area (Å²) in [5.41, 5.74) is 2.44. The third-order valence-electron chi connectivity index (χ3n) is 7.56. The monoisotopic (exact) mass is 458 g/mol. The van der Waals surface area contributed by atoms with E-state index in [1.54, 1.807) is 12.1 Å². The second kappa shape index (κ2) is 8.43. The van der Waals surface area contributed by atoms with Gasteiger partial charge in [-0.15, -0.1) is 0 Å². The van der Waals surface area contributed by atoms with Crippen molar-refractivity contribution in [3.8, 4) is 0 Å². The van der Waals surface area contributed by atoms with Gasteiger partial charge in [0, 0.05) is 42.3 Å². The van der Waals surface area contributed by atoms with E-state index in [1.807, 2.05) is 43.3 Å². The molecule has 7 heteroatoms. The van der Waals surface area contributed by atoms with Crippen molar-refractivity contribution in [1.29, 1.82) is 0 Å². The summed E-state index contributed by atoms with van der Waals surface area (Å²) >= 11 is 0. The number of rotatable bonds is 4. The Morgan fingerprint density at radius 1 is 1.06 bits per heavy atom. The molecule has 0 saturated carbocycles. The lowest BCUT2D eigenvalue weighted by Gasteiger charge is -2.47. The standard InChI is InChI=1S/C25H31FN2O3S/c1-19-7-10-24(20-5-3-2-4-6-20)32(29,30)28(19)16-21-8-9-22(15-23(21)26)27-13-11-25(12-14-27)17-31-18-25/h2-6,8-9,15,19,24H,7,10-14,16-18H2,1H3/t19-,24?/m0/s1. The minimum atomic E-state index is -3.58. The van der Waals surface area contributed by atoms with Crippen LogP contribution in [0.3, 0.4) is 0 Å². The number of benzene rings is 2. The average Bonchev–Trinajstić information content (AvgIpc) is 2.77. The molecule has 0 aliphatic carbocycles. The zero-order valence-corrected chi connectivity index (χ0v) is 19.4. The van der Waals surface area contributed by atoms with Crippen LogP contribution in [0.25, 0.3) is 0 Å². The molecule has 1 spiro atoms. The maximum absolute atomic E-state index is 15.1. The molecule has 3 saturated heterocycles. The molecular formula is C25H31FN2O3S. The third-order valence-corrected chi connectivity index (χ3v) is 9.93. The Balaban J connectivity index is 1.32. The molecule has 0 radical (unpaired) electrons. The Kier molecular flexibility index (Phi) is 5.76. The highest BCUT2D eigenvalue weighted by atomic mass is 32.2. The van der Waals surface area contributed by atoms with E-state index in [4.69, 9.17) is 4.74 Å². The molecule has 1 unspecified atom stereocenters. The minimum absolute atomic E-state index is 0.0688. The van der Waals surface area contributed by atoms with Crippen LogP contribution in [-0.2, 0) is 21.3 Å². The number of sulfonamides is 1. The lowest BCUT2D eigenvalue weighted by molar-refractivity contribution is -0.124. The van der Waals surface area contributed by atoms with Gasteiger partial charge in [-0.1, -0.05) is 36.4 Å². The van der Waals surface area contributed by atoms with Gasteiger partial charge in [0.1, 0.15) is 11.1 Å². The molecule has 32 heavy (non-hydrogen) atoms. The van der Waals surface area contributed by atoms with Crippen molar-refractivity contribution in [2.24, 2.45) is 5.41 Å². The van der Waals surface area contributed by atoms with Crippen LogP contribution in [0.5, 0.6) is 0 Å². The van der Waals surface area contributed by atoms with Crippen LogP contribution < -0.4 is 4.90 Å². The van der Waals surface area contributed by atoms with Gasteiger partial charge < -0.3 is 9.64 Å². The molecule has 3 fully saturated rings. The molecule has 2 atom stereocenters. The molecule has 5 nitrogen and oxygen atoms in total. The van der Waals surface area contributed by atoms with Crippen molar-refractivity contribution in [2.45, 2.75) is 50.4 Å². The van der Waals surface area contributed by atoms with Gasteiger partial charge in [-0.05, 0) is 50.3 Å². The van der Waals surface area contributed by atoms with Crippen LogP contribution in [0.1, 0.15) is 49.0 Å². The molecule has 2 aromatic carbocycles. The van der Waals surface area contributed by atoms with Crippen LogP contribution in [-0.4, -0.2) is 45.1 Å². The summed E-state index contributed by atoms with van der Waals surface area (Å²) in [6.07, 6.45) is 3.49. The highest BCUT2D eigenvalue weighted by molar-refractivity contribution is 7.89. The zero-order valence-electron chi connectivity index (χ0n) is 18.5. The van der Waals surface area contributed by atoms with Gasteiger partial charge >= 0.3 is 0 Å². The van der Waals surface area contributed by atoms with E-state index in [9.17, 15) is 8.42 Å². The van der Waals surface area contributed by atoms with E-state index in [-0.39, 0.29) is 18.4 Å². The van der Waals surface area contributed by atoms with E-state index in [2.05, 4.69) is 4.90 Å². The predicted octanol–water partition coefficient (Wildman–Crippen LogP) is 4.50. The molecule has 0 aromatic heterocycles. The van der Waals surface area contributed by atoms with Crippen LogP contribution in [0.2, 0.25) is 0 Å². The van der Waals surface area contributed by atoms with Gasteiger partial charge in [-0.3, -0.25) is 0 Å². The Labute approximate surface area is 190 Å². The zero-order chi connectivity index (χ0) is 22.3. The van der Waals surface area contributed by atoms with Crippen LogP contribution in [0.15, 0.2) is 48.5 Å². The van der Waals surface area contributed by atoms with E-state index < -0.39 is 15.3 Å². The van der Waals surface area contributed by atoms with Crippen molar-refractivity contribution in [3.05, 3.63) is 65.5 Å². The molecule has 3 aliphatic rings. The van der Waals surface area contributed by atoms with Gasteiger partial charge in [0.15, 0.2) is 0 Å². The topological polar surface area (TPSA) is 49.9 Å². The maximum Gasteiger partial charge on any atom is 0.221 e. The number of ether oxygens (including phenoxy) is 1. The number of hydrogen-bond donors (Lipinski definition) is 0. The van der Waals surface area contributed by atoms with E-state index in [1.165, 1.54) is 4.31 Å². The first-order chi connectivity index (χ1) is 15.4. The van der Waals surface area contributed by atoms with Gasteiger partial charge in [-0.25, -0.2) is 12.8 Å². The fourth-order valence-corrected chi connectivity index (χ4v) is 7.49. The average molecular weight is 459 g/mol. The molecule has 0 amide bonds. The summed E-state index contributed by atoms with van der Waals surface area (Å²) < 4.78 is 48.9. The summed E-state index contributed by atoms with van der Waals surface area (Å²) in [6, 6.07) is 14.5. The van der Waals surface area contributed by atoms with Gasteiger partial charge in [-0.2, -0.15) is 4.31 Å². The number of halogens is 1. The van der Waals surface area contributed by atoms with E-state index >= 15 is 4.39 Å². The third kappa shape index (κ3) is 3.95. The van der Waals surface area contributed by atoms with Gasteiger partial charge in [0.25, 0.3) is 0 Å². The van der Waals surface area contributed by atoms with Gasteiger partial charge in [0.05, 0.1) is 13.2 Å².